The lowest BCUT2D eigenvalue weighted by atomic mass is 10.1. The molecule has 0 aliphatic rings. The van der Waals surface area contributed by atoms with Gasteiger partial charge in [0, 0.05) is 62.7 Å². The van der Waals surface area contributed by atoms with Crippen molar-refractivity contribution in [2.75, 3.05) is 18.4 Å². The van der Waals surface area contributed by atoms with Crippen LogP contribution in [0.5, 0.6) is 0 Å². The Morgan fingerprint density at radius 1 is 0.914 bits per heavy atom. The van der Waals surface area contributed by atoms with Gasteiger partial charge >= 0.3 is 0 Å². The Hall–Kier alpha value is -4.11. The summed E-state index contributed by atoms with van der Waals surface area (Å²) in [5.74, 6) is 1.77. The van der Waals surface area contributed by atoms with Crippen LogP contribution in [0.1, 0.15) is 28.7 Å². The van der Waals surface area contributed by atoms with Gasteiger partial charge in [0.15, 0.2) is 22.8 Å². The molecule has 0 radical (unpaired) electrons. The van der Waals surface area contributed by atoms with E-state index in [4.69, 9.17) is 4.42 Å². The van der Waals surface area contributed by atoms with Crippen molar-refractivity contribution in [1.82, 2.24) is 30.2 Å². The van der Waals surface area contributed by atoms with E-state index in [1.54, 1.807) is 24.5 Å². The third kappa shape index (κ3) is 5.88. The number of imidazole rings is 1. The minimum absolute atomic E-state index is 0.211. The number of benzene rings is 1. The van der Waals surface area contributed by atoms with Crippen molar-refractivity contribution in [3.05, 3.63) is 102 Å². The predicted molar refractivity (Wildman–Crippen MR) is 131 cm³/mol. The van der Waals surface area contributed by atoms with Crippen LogP contribution in [0.2, 0.25) is 0 Å². The highest BCUT2D eigenvalue weighted by Gasteiger charge is 2.12. The molecule has 0 aliphatic heterocycles. The van der Waals surface area contributed by atoms with Crippen molar-refractivity contribution in [2.45, 2.75) is 25.8 Å². The maximum absolute atomic E-state index is 13.8. The summed E-state index contributed by atoms with van der Waals surface area (Å²) in [5, 5.41) is 6.52. The average Bonchev–Trinajstić information content (AvgIpc) is 3.51. The van der Waals surface area contributed by atoms with Gasteiger partial charge in [-0.1, -0.05) is 30.3 Å². The van der Waals surface area contributed by atoms with Crippen molar-refractivity contribution in [3.63, 3.8) is 0 Å². The van der Waals surface area contributed by atoms with Crippen LogP contribution >= 0.6 is 0 Å². The molecule has 4 aromatic heterocycles. The number of hydrogen-bond acceptors (Lipinski definition) is 7. The van der Waals surface area contributed by atoms with E-state index in [9.17, 15) is 4.39 Å². The Bertz CT molecular complexity index is 1380. The Kier molecular flexibility index (Phi) is 7.05. The average molecular weight is 472 g/mol. The molecule has 0 atom stereocenters. The number of aromatic nitrogens is 5. The van der Waals surface area contributed by atoms with Crippen LogP contribution in [0, 0.1) is 5.82 Å². The molecule has 0 unspecified atom stereocenters. The minimum Gasteiger partial charge on any atom is -0.440 e. The number of oxazole rings is 1. The van der Waals surface area contributed by atoms with Gasteiger partial charge in [0.05, 0.1) is 12.2 Å². The molecule has 5 aromatic rings. The summed E-state index contributed by atoms with van der Waals surface area (Å²) >= 11 is 0. The molecule has 3 N–H and O–H groups in total. The van der Waals surface area contributed by atoms with Crippen molar-refractivity contribution < 1.29 is 8.81 Å². The SMILES string of the molecule is Fc1cccnc1CNc1nccc2oc(CCNCCc3ncc(Cc4ccccc4)[nH]3)nc12. The van der Waals surface area contributed by atoms with Crippen LogP contribution in [0.4, 0.5) is 10.2 Å². The molecule has 0 bridgehead atoms. The summed E-state index contributed by atoms with van der Waals surface area (Å²) in [5.41, 5.74) is 3.96. The number of hydrogen-bond donors (Lipinski definition) is 3. The van der Waals surface area contributed by atoms with Gasteiger partial charge in [-0.05, 0) is 17.7 Å². The minimum atomic E-state index is -0.360. The number of pyridine rings is 2. The highest BCUT2D eigenvalue weighted by atomic mass is 19.1. The van der Waals surface area contributed by atoms with Gasteiger partial charge in [0.25, 0.3) is 0 Å². The summed E-state index contributed by atoms with van der Waals surface area (Å²) in [6.45, 7) is 1.73. The van der Waals surface area contributed by atoms with Gasteiger partial charge in [-0.25, -0.2) is 19.3 Å². The van der Waals surface area contributed by atoms with Crippen molar-refractivity contribution in [2.24, 2.45) is 0 Å². The lowest BCUT2D eigenvalue weighted by Crippen LogP contribution is -2.20. The van der Waals surface area contributed by atoms with Crippen molar-refractivity contribution >= 4 is 16.9 Å². The molecule has 0 saturated heterocycles. The number of aromatic amines is 1. The monoisotopic (exact) mass is 471 g/mol. The fourth-order valence-corrected chi connectivity index (χ4v) is 3.82. The molecular formula is C26H26FN7O. The zero-order valence-electron chi connectivity index (χ0n) is 19.2. The molecule has 8 nitrogen and oxygen atoms in total. The summed E-state index contributed by atoms with van der Waals surface area (Å²) in [6, 6.07) is 15.1. The third-order valence-electron chi connectivity index (χ3n) is 5.58. The Morgan fingerprint density at radius 3 is 2.69 bits per heavy atom. The maximum atomic E-state index is 13.8. The fraction of sp³-hybridized carbons (Fsp3) is 0.231. The van der Waals surface area contributed by atoms with Gasteiger partial charge in [0.2, 0.25) is 0 Å². The molecule has 4 heterocycles. The van der Waals surface area contributed by atoms with E-state index in [0.717, 1.165) is 37.4 Å². The quantitative estimate of drug-likeness (QED) is 0.250. The van der Waals surface area contributed by atoms with Crippen LogP contribution in [0.3, 0.4) is 0 Å². The molecule has 178 valence electrons. The molecule has 1 aromatic carbocycles. The van der Waals surface area contributed by atoms with Gasteiger partial charge < -0.3 is 20.0 Å². The normalized spacial score (nSPS) is 11.2. The fourth-order valence-electron chi connectivity index (χ4n) is 3.82. The molecule has 0 aliphatic carbocycles. The van der Waals surface area contributed by atoms with Crippen molar-refractivity contribution in [3.8, 4) is 0 Å². The van der Waals surface area contributed by atoms with E-state index in [-0.39, 0.29) is 12.4 Å². The number of anilines is 1. The van der Waals surface area contributed by atoms with E-state index in [2.05, 4.69) is 47.7 Å². The number of halogens is 1. The lowest BCUT2D eigenvalue weighted by molar-refractivity contribution is 0.514. The summed E-state index contributed by atoms with van der Waals surface area (Å²) in [6.07, 6.45) is 7.40. The molecule has 0 saturated carbocycles. The van der Waals surface area contributed by atoms with Crippen LogP contribution < -0.4 is 10.6 Å². The second-order valence-electron chi connectivity index (χ2n) is 8.17. The second kappa shape index (κ2) is 10.9. The topological polar surface area (TPSA) is 105 Å². The Balaban J connectivity index is 1.09. The zero-order chi connectivity index (χ0) is 23.9. The summed E-state index contributed by atoms with van der Waals surface area (Å²) in [4.78, 5) is 20.8. The first-order chi connectivity index (χ1) is 17.2. The molecular weight excluding hydrogens is 445 g/mol. The number of nitrogens with zero attached hydrogens (tertiary/aromatic N) is 4. The molecule has 0 amide bonds. The second-order valence-corrected chi connectivity index (χ2v) is 8.17. The third-order valence-corrected chi connectivity index (χ3v) is 5.58. The van der Waals surface area contributed by atoms with E-state index in [1.165, 1.54) is 11.6 Å². The van der Waals surface area contributed by atoms with Gasteiger partial charge in [-0.2, -0.15) is 0 Å². The number of H-pyrrole nitrogens is 1. The highest BCUT2D eigenvalue weighted by molar-refractivity contribution is 5.83. The first kappa shape index (κ1) is 22.7. The Labute approximate surface area is 202 Å². The van der Waals surface area contributed by atoms with E-state index < -0.39 is 0 Å². The van der Waals surface area contributed by atoms with E-state index >= 15 is 0 Å². The largest absolute Gasteiger partial charge is 0.440 e. The van der Waals surface area contributed by atoms with Crippen LogP contribution in [0.15, 0.2) is 71.5 Å². The number of fused-ring (bicyclic) bond motifs is 1. The molecule has 0 spiro atoms. The van der Waals surface area contributed by atoms with Crippen molar-refractivity contribution in [1.29, 1.82) is 0 Å². The van der Waals surface area contributed by atoms with E-state index in [1.807, 2.05) is 24.4 Å². The summed E-state index contributed by atoms with van der Waals surface area (Å²) in [7, 11) is 0. The maximum Gasteiger partial charge on any atom is 0.196 e. The lowest BCUT2D eigenvalue weighted by Gasteiger charge is -2.05. The number of rotatable bonds is 11. The van der Waals surface area contributed by atoms with E-state index in [0.29, 0.717) is 34.9 Å². The highest BCUT2D eigenvalue weighted by Crippen LogP contribution is 2.22. The Morgan fingerprint density at radius 2 is 1.80 bits per heavy atom. The first-order valence-corrected chi connectivity index (χ1v) is 11.6. The molecule has 9 heteroatoms. The summed E-state index contributed by atoms with van der Waals surface area (Å²) < 4.78 is 19.7. The first-order valence-electron chi connectivity index (χ1n) is 11.6. The molecule has 0 fully saturated rings. The predicted octanol–water partition coefficient (Wildman–Crippen LogP) is 4.06. The van der Waals surface area contributed by atoms with Gasteiger partial charge in [-0.3, -0.25) is 4.98 Å². The van der Waals surface area contributed by atoms with Crippen LogP contribution in [-0.2, 0) is 25.8 Å². The van der Waals surface area contributed by atoms with Crippen LogP contribution in [0.25, 0.3) is 11.1 Å². The zero-order valence-corrected chi connectivity index (χ0v) is 19.2. The van der Waals surface area contributed by atoms with Gasteiger partial charge in [-0.15, -0.1) is 0 Å². The number of nitrogens with one attached hydrogen (secondary N) is 3. The smallest absolute Gasteiger partial charge is 0.196 e. The molecule has 35 heavy (non-hydrogen) atoms. The van der Waals surface area contributed by atoms with Crippen LogP contribution in [-0.4, -0.2) is 38.0 Å². The standard InChI is InChI=1S/C26H26FN7O/c27-20-7-4-11-29-21(20)17-32-26-25-22(8-14-30-26)35-24(34-25)10-13-28-12-9-23-31-16-19(33-23)15-18-5-2-1-3-6-18/h1-8,11,14,16,28H,9-10,12-13,15,17H2,(H,30,32)(H,31,33). The molecule has 5 rings (SSSR count). The van der Waals surface area contributed by atoms with Gasteiger partial charge in [0.1, 0.15) is 11.6 Å².